The first-order valence-corrected chi connectivity index (χ1v) is 14.8. The summed E-state index contributed by atoms with van der Waals surface area (Å²) in [6.45, 7) is 8.25. The fraction of sp³-hybridized carbons (Fsp3) is 0.586. The van der Waals surface area contributed by atoms with Crippen molar-refractivity contribution < 1.29 is 31.4 Å². The van der Waals surface area contributed by atoms with Gasteiger partial charge in [-0.2, -0.15) is 0 Å². The number of hydrogen-bond acceptors (Lipinski definition) is 9. The molecule has 4 heterocycles. The summed E-state index contributed by atoms with van der Waals surface area (Å²) in [4.78, 5) is 33.5. The molecule has 1 unspecified atom stereocenters. The Bertz CT molecular complexity index is 1350. The topological polar surface area (TPSA) is 104 Å². The van der Waals surface area contributed by atoms with E-state index in [1.807, 2.05) is 26.8 Å². The number of carbonyl (C=O) groups excluding carboxylic acids is 1. The Kier molecular flexibility index (Phi) is 8.17. The SMILES string of the molecule is CC(C)(C)OC(=O)N1CCCN(c2nccc(C3=C4CCC[C@@]5(CCCc6s[c-]c(C#N)c65)C4NO3)n2)CC1.[Mn]. The maximum absolute atomic E-state index is 12.6. The van der Waals surface area contributed by atoms with Gasteiger partial charge in [-0.1, -0.05) is 36.6 Å². The number of thiophene rings is 1. The fourth-order valence-corrected chi connectivity index (χ4v) is 7.69. The monoisotopic (exact) mass is 602 g/mol. The summed E-state index contributed by atoms with van der Waals surface area (Å²) in [6, 6.07) is 4.34. The number of hydroxylamine groups is 1. The molecule has 11 heteroatoms. The van der Waals surface area contributed by atoms with E-state index in [0.29, 0.717) is 31.1 Å². The van der Waals surface area contributed by atoms with Crippen LogP contribution in [0.15, 0.2) is 17.8 Å². The number of anilines is 1. The van der Waals surface area contributed by atoms with E-state index in [1.165, 1.54) is 16.0 Å². The van der Waals surface area contributed by atoms with Crippen LogP contribution in [0.3, 0.4) is 0 Å². The van der Waals surface area contributed by atoms with E-state index < -0.39 is 5.60 Å². The molecule has 2 fully saturated rings. The predicted octanol–water partition coefficient (Wildman–Crippen LogP) is 4.73. The Balaban J connectivity index is 0.00000323. The van der Waals surface area contributed by atoms with E-state index in [2.05, 4.69) is 26.8 Å². The Morgan fingerprint density at radius 3 is 2.80 bits per heavy atom. The second-order valence-corrected chi connectivity index (χ2v) is 12.8. The molecule has 213 valence electrons. The van der Waals surface area contributed by atoms with Gasteiger partial charge in [0.2, 0.25) is 5.95 Å². The minimum atomic E-state index is -0.517. The van der Waals surface area contributed by atoms with Gasteiger partial charge in [-0.05, 0) is 63.2 Å². The standard InChI is InChI=1S/C29H35N6O3S.Mn/c1-28(2,3)37-27(36)35-14-6-13-34(15-16-35)26-31-12-9-21(32-26)24-20-7-4-10-29(25(20)33-38-24)11-5-8-22-23(29)19(17-30)18-39-22;/h9,12,25,33H,4-8,10-11,13-16H2,1-3H3;/q-1;/t25?,29-;/m0./s1. The number of nitriles is 1. The van der Waals surface area contributed by atoms with E-state index in [-0.39, 0.29) is 34.6 Å². The molecule has 2 aromatic heterocycles. The Morgan fingerprint density at radius 2 is 2.02 bits per heavy atom. The molecule has 1 saturated heterocycles. The molecule has 1 radical (unpaired) electrons. The second kappa shape index (κ2) is 11.3. The average molecular weight is 603 g/mol. The number of nitrogens with one attached hydrogen (secondary N) is 1. The van der Waals surface area contributed by atoms with Crippen molar-refractivity contribution in [2.45, 2.75) is 82.8 Å². The van der Waals surface area contributed by atoms with Crippen molar-refractivity contribution in [3.8, 4) is 6.07 Å². The Labute approximate surface area is 250 Å². The molecule has 2 aliphatic carbocycles. The molecule has 1 amide bonds. The summed E-state index contributed by atoms with van der Waals surface area (Å²) in [6.07, 6.45) is 8.51. The molecule has 0 bridgehead atoms. The number of ether oxygens (including phenoxy) is 1. The summed E-state index contributed by atoms with van der Waals surface area (Å²) < 4.78 is 5.58. The van der Waals surface area contributed by atoms with Gasteiger partial charge in [0.25, 0.3) is 0 Å². The molecule has 6 rings (SSSR count). The van der Waals surface area contributed by atoms with Crippen molar-refractivity contribution in [3.05, 3.63) is 44.9 Å². The zero-order chi connectivity index (χ0) is 27.2. The van der Waals surface area contributed by atoms with Crippen LogP contribution in [0.2, 0.25) is 0 Å². The number of carbonyl (C=O) groups is 1. The van der Waals surface area contributed by atoms with Crippen LogP contribution < -0.4 is 10.4 Å². The summed E-state index contributed by atoms with van der Waals surface area (Å²) in [5, 5.41) is 13.1. The zero-order valence-corrected chi connectivity index (χ0v) is 25.3. The van der Waals surface area contributed by atoms with E-state index in [4.69, 9.17) is 14.6 Å². The zero-order valence-electron chi connectivity index (χ0n) is 23.3. The maximum Gasteiger partial charge on any atom is 0.410 e. The van der Waals surface area contributed by atoms with Crippen LogP contribution in [0.4, 0.5) is 10.7 Å². The first-order chi connectivity index (χ1) is 18.8. The van der Waals surface area contributed by atoms with Crippen LogP contribution in [-0.2, 0) is 38.5 Å². The van der Waals surface area contributed by atoms with Crippen molar-refractivity contribution in [3.63, 3.8) is 0 Å². The van der Waals surface area contributed by atoms with Crippen LogP contribution in [0.5, 0.6) is 0 Å². The van der Waals surface area contributed by atoms with Crippen molar-refractivity contribution in [2.24, 2.45) is 0 Å². The maximum atomic E-state index is 12.6. The molecular weight excluding hydrogens is 567 g/mol. The molecular formula is C29H35MnN6O3S-. The summed E-state index contributed by atoms with van der Waals surface area (Å²) >= 11 is 1.61. The van der Waals surface area contributed by atoms with Crippen molar-refractivity contribution >= 4 is 29.1 Å². The molecule has 1 spiro atoms. The molecule has 2 aliphatic heterocycles. The quantitative estimate of drug-likeness (QED) is 0.389. The Hall–Kier alpha value is -2.64. The first-order valence-electron chi connectivity index (χ1n) is 13.9. The molecule has 9 nitrogen and oxygen atoms in total. The number of fused-ring (bicyclic) bond motifs is 4. The number of rotatable bonds is 2. The van der Waals surface area contributed by atoms with Crippen molar-refractivity contribution in [1.82, 2.24) is 20.3 Å². The molecule has 2 aromatic rings. The average Bonchev–Trinajstić information content (AvgIpc) is 3.46. The van der Waals surface area contributed by atoms with Gasteiger partial charge >= 0.3 is 6.09 Å². The number of amides is 1. The molecule has 4 aliphatic rings. The van der Waals surface area contributed by atoms with E-state index in [9.17, 15) is 10.1 Å². The first kappa shape index (κ1) is 28.9. The van der Waals surface area contributed by atoms with Gasteiger partial charge < -0.3 is 19.4 Å². The molecule has 1 N–H and O–H groups in total. The van der Waals surface area contributed by atoms with E-state index >= 15 is 0 Å². The summed E-state index contributed by atoms with van der Waals surface area (Å²) in [5.74, 6) is 1.43. The van der Waals surface area contributed by atoms with Gasteiger partial charge in [0.1, 0.15) is 11.3 Å². The second-order valence-electron chi connectivity index (χ2n) is 11.9. The predicted molar refractivity (Wildman–Crippen MR) is 148 cm³/mol. The van der Waals surface area contributed by atoms with E-state index in [0.717, 1.165) is 62.9 Å². The summed E-state index contributed by atoms with van der Waals surface area (Å²) in [7, 11) is 0. The third-order valence-corrected chi connectivity index (χ3v) is 9.25. The van der Waals surface area contributed by atoms with E-state index in [1.54, 1.807) is 22.4 Å². The van der Waals surface area contributed by atoms with Crippen LogP contribution in [0.25, 0.3) is 5.76 Å². The number of hydrogen-bond donors (Lipinski definition) is 1. The van der Waals surface area contributed by atoms with Crippen molar-refractivity contribution in [1.29, 1.82) is 5.26 Å². The summed E-state index contributed by atoms with van der Waals surface area (Å²) in [5.41, 5.74) is 6.62. The largest absolute Gasteiger partial charge is 0.444 e. The van der Waals surface area contributed by atoms with Crippen LogP contribution in [0, 0.1) is 16.7 Å². The fourth-order valence-electron chi connectivity index (χ4n) is 6.66. The van der Waals surface area contributed by atoms with Crippen LogP contribution in [-0.4, -0.2) is 58.8 Å². The van der Waals surface area contributed by atoms with Crippen molar-refractivity contribution in [2.75, 3.05) is 31.1 Å². The molecule has 2 atom stereocenters. The smallest absolute Gasteiger partial charge is 0.410 e. The number of aryl methyl sites for hydroxylation is 1. The van der Waals surface area contributed by atoms with Crippen LogP contribution in [0.1, 0.15) is 81.0 Å². The minimum absolute atomic E-state index is 0. The van der Waals surface area contributed by atoms with Gasteiger partial charge in [0.05, 0.1) is 6.04 Å². The number of aromatic nitrogens is 2. The molecule has 40 heavy (non-hydrogen) atoms. The van der Waals surface area contributed by atoms with Gasteiger partial charge in [0.15, 0.2) is 5.76 Å². The van der Waals surface area contributed by atoms with Crippen LogP contribution >= 0.6 is 11.3 Å². The third-order valence-electron chi connectivity index (χ3n) is 8.29. The molecule has 1 saturated carbocycles. The van der Waals surface area contributed by atoms with Gasteiger partial charge in [-0.15, -0.1) is 15.9 Å². The minimum Gasteiger partial charge on any atom is -0.444 e. The third kappa shape index (κ3) is 5.23. The molecule has 0 aromatic carbocycles. The van der Waals surface area contributed by atoms with Gasteiger partial charge in [0, 0.05) is 49.4 Å². The normalized spacial score (nSPS) is 24.4. The number of nitrogens with zero attached hydrogens (tertiary/aromatic N) is 5. The van der Waals surface area contributed by atoms with Gasteiger partial charge in [-0.25, -0.2) is 14.8 Å². The van der Waals surface area contributed by atoms with Gasteiger partial charge in [-0.3, -0.25) is 16.6 Å². The Morgan fingerprint density at radius 1 is 1.23 bits per heavy atom.